The highest BCUT2D eigenvalue weighted by Gasteiger charge is 2.25. The molecule has 178 valence electrons. The standard InChI is InChI=1S/C29H34N2O3/c1-20(2)24-16-11-17-25(21(3)4)27(24)31-28(32)26(18-22-12-7-5-8-13-22)30-29(33)34-19-23-14-9-6-10-15-23/h5-17,20-21,26H,18-19H2,1-4H3,(H,30,33)(H,31,32). The van der Waals surface area contributed by atoms with Crippen LogP contribution in [-0.2, 0) is 22.6 Å². The van der Waals surface area contributed by atoms with Gasteiger partial charge in [-0.15, -0.1) is 0 Å². The fraction of sp³-hybridized carbons (Fsp3) is 0.310. The highest BCUT2D eigenvalue weighted by Crippen LogP contribution is 2.32. The third kappa shape index (κ3) is 6.95. The lowest BCUT2D eigenvalue weighted by Gasteiger charge is -2.23. The minimum atomic E-state index is -0.786. The highest BCUT2D eigenvalue weighted by atomic mass is 16.5. The number of rotatable bonds is 9. The molecule has 34 heavy (non-hydrogen) atoms. The third-order valence-electron chi connectivity index (χ3n) is 5.73. The van der Waals surface area contributed by atoms with Crippen molar-refractivity contribution in [2.24, 2.45) is 0 Å². The molecular formula is C29H34N2O3. The third-order valence-corrected chi connectivity index (χ3v) is 5.73. The van der Waals surface area contributed by atoms with Gasteiger partial charge in [0.25, 0.3) is 0 Å². The molecule has 3 rings (SSSR count). The van der Waals surface area contributed by atoms with Crippen molar-refractivity contribution in [1.29, 1.82) is 0 Å². The maximum Gasteiger partial charge on any atom is 0.408 e. The second-order valence-corrected chi connectivity index (χ2v) is 9.06. The topological polar surface area (TPSA) is 67.4 Å². The van der Waals surface area contributed by atoms with Crippen LogP contribution in [0.3, 0.4) is 0 Å². The first kappa shape index (κ1) is 25.0. The van der Waals surface area contributed by atoms with E-state index in [-0.39, 0.29) is 24.3 Å². The molecule has 5 heteroatoms. The molecule has 0 aliphatic heterocycles. The van der Waals surface area contributed by atoms with Gasteiger partial charge in [0.1, 0.15) is 12.6 Å². The molecule has 0 spiro atoms. The van der Waals surface area contributed by atoms with E-state index in [1.165, 1.54) is 0 Å². The Labute approximate surface area is 202 Å². The number of para-hydroxylation sites is 1. The Hall–Kier alpha value is -3.60. The van der Waals surface area contributed by atoms with Gasteiger partial charge in [-0.2, -0.15) is 0 Å². The quantitative estimate of drug-likeness (QED) is 0.389. The van der Waals surface area contributed by atoms with Gasteiger partial charge in [-0.25, -0.2) is 4.79 Å². The average Bonchev–Trinajstić information content (AvgIpc) is 2.83. The summed E-state index contributed by atoms with van der Waals surface area (Å²) < 4.78 is 5.39. The van der Waals surface area contributed by atoms with Crippen LogP contribution < -0.4 is 10.6 Å². The smallest absolute Gasteiger partial charge is 0.408 e. The molecule has 0 aromatic heterocycles. The van der Waals surface area contributed by atoms with Gasteiger partial charge < -0.3 is 15.4 Å². The molecule has 0 aliphatic rings. The Bertz CT molecular complexity index is 1050. The zero-order valence-electron chi connectivity index (χ0n) is 20.4. The van der Waals surface area contributed by atoms with E-state index < -0.39 is 12.1 Å². The lowest BCUT2D eigenvalue weighted by atomic mass is 9.92. The van der Waals surface area contributed by atoms with Gasteiger partial charge in [-0.05, 0) is 34.1 Å². The van der Waals surface area contributed by atoms with Gasteiger partial charge >= 0.3 is 6.09 Å². The van der Waals surface area contributed by atoms with Crippen LogP contribution in [0.4, 0.5) is 10.5 Å². The van der Waals surface area contributed by atoms with Crippen LogP contribution in [0.25, 0.3) is 0 Å². The predicted molar refractivity (Wildman–Crippen MR) is 137 cm³/mol. The first-order chi connectivity index (χ1) is 16.3. The zero-order chi connectivity index (χ0) is 24.5. The molecule has 0 radical (unpaired) electrons. The second kappa shape index (κ2) is 12.0. The van der Waals surface area contributed by atoms with Gasteiger partial charge in [0, 0.05) is 12.1 Å². The summed E-state index contributed by atoms with van der Waals surface area (Å²) in [5, 5.41) is 5.91. The van der Waals surface area contributed by atoms with Gasteiger partial charge in [-0.3, -0.25) is 4.79 Å². The lowest BCUT2D eigenvalue weighted by Crippen LogP contribution is -2.45. The van der Waals surface area contributed by atoms with E-state index >= 15 is 0 Å². The van der Waals surface area contributed by atoms with Crippen LogP contribution in [-0.4, -0.2) is 18.0 Å². The first-order valence-electron chi connectivity index (χ1n) is 11.8. The fourth-order valence-corrected chi connectivity index (χ4v) is 3.87. The number of amides is 2. The summed E-state index contributed by atoms with van der Waals surface area (Å²) in [5.74, 6) is 0.214. The van der Waals surface area contributed by atoms with E-state index in [9.17, 15) is 9.59 Å². The van der Waals surface area contributed by atoms with E-state index in [0.29, 0.717) is 6.42 Å². The van der Waals surface area contributed by atoms with Crippen molar-refractivity contribution in [3.05, 3.63) is 101 Å². The summed E-state index contributed by atoms with van der Waals surface area (Å²) >= 11 is 0. The van der Waals surface area contributed by atoms with E-state index in [0.717, 1.165) is 27.9 Å². The Morgan fingerprint density at radius 1 is 0.735 bits per heavy atom. The molecule has 0 aliphatic carbocycles. The maximum absolute atomic E-state index is 13.5. The van der Waals surface area contributed by atoms with Crippen LogP contribution in [0.15, 0.2) is 78.9 Å². The van der Waals surface area contributed by atoms with Crippen molar-refractivity contribution in [3.8, 4) is 0 Å². The van der Waals surface area contributed by atoms with Crippen molar-refractivity contribution >= 4 is 17.7 Å². The number of nitrogens with one attached hydrogen (secondary N) is 2. The Morgan fingerprint density at radius 3 is 1.79 bits per heavy atom. The normalized spacial score (nSPS) is 11.8. The number of hydrogen-bond acceptors (Lipinski definition) is 3. The SMILES string of the molecule is CC(C)c1cccc(C(C)C)c1NC(=O)C(Cc1ccccc1)NC(=O)OCc1ccccc1. The van der Waals surface area contributed by atoms with Gasteiger partial charge in [0.05, 0.1) is 0 Å². The Balaban J connectivity index is 1.80. The average molecular weight is 459 g/mol. The van der Waals surface area contributed by atoms with Crippen LogP contribution in [0.2, 0.25) is 0 Å². The molecule has 0 bridgehead atoms. The highest BCUT2D eigenvalue weighted by molar-refractivity contribution is 5.98. The van der Waals surface area contributed by atoms with Gasteiger partial charge in [0.15, 0.2) is 0 Å². The zero-order valence-corrected chi connectivity index (χ0v) is 20.4. The number of hydrogen-bond donors (Lipinski definition) is 2. The summed E-state index contributed by atoms with van der Waals surface area (Å²) in [6.07, 6.45) is -0.269. The molecule has 0 fully saturated rings. The molecule has 1 atom stereocenters. The predicted octanol–water partition coefficient (Wildman–Crippen LogP) is 6.41. The molecular weight excluding hydrogens is 424 g/mol. The van der Waals surface area contributed by atoms with Gasteiger partial charge in [0.2, 0.25) is 5.91 Å². The summed E-state index contributed by atoms with van der Waals surface area (Å²) in [5.41, 5.74) is 4.81. The number of benzene rings is 3. The molecule has 2 N–H and O–H groups in total. The van der Waals surface area contributed by atoms with Crippen molar-refractivity contribution in [2.75, 3.05) is 5.32 Å². The molecule has 1 unspecified atom stereocenters. The second-order valence-electron chi connectivity index (χ2n) is 9.06. The molecule has 0 saturated heterocycles. The minimum Gasteiger partial charge on any atom is -0.445 e. The van der Waals surface area contributed by atoms with E-state index in [2.05, 4.69) is 38.3 Å². The number of anilines is 1. The molecule has 0 saturated carbocycles. The largest absolute Gasteiger partial charge is 0.445 e. The monoisotopic (exact) mass is 458 g/mol. The van der Waals surface area contributed by atoms with Crippen LogP contribution in [0, 0.1) is 0 Å². The van der Waals surface area contributed by atoms with Gasteiger partial charge in [-0.1, -0.05) is 107 Å². The Morgan fingerprint density at radius 2 is 1.26 bits per heavy atom. The first-order valence-corrected chi connectivity index (χ1v) is 11.8. The number of carbonyl (C=O) groups excluding carboxylic acids is 2. The van der Waals surface area contributed by atoms with Crippen LogP contribution in [0.5, 0.6) is 0 Å². The molecule has 3 aromatic carbocycles. The molecule has 3 aromatic rings. The summed E-state index contributed by atoms with van der Waals surface area (Å²) in [6, 6.07) is 24.4. The fourth-order valence-electron chi connectivity index (χ4n) is 3.87. The molecule has 2 amide bonds. The Kier molecular flexibility index (Phi) is 8.86. The van der Waals surface area contributed by atoms with Crippen LogP contribution >= 0.6 is 0 Å². The van der Waals surface area contributed by atoms with E-state index in [1.54, 1.807) is 0 Å². The van der Waals surface area contributed by atoms with Crippen molar-refractivity contribution in [3.63, 3.8) is 0 Å². The maximum atomic E-state index is 13.5. The summed E-state index contributed by atoms with van der Waals surface area (Å²) in [4.78, 5) is 26.1. The number of ether oxygens (including phenoxy) is 1. The van der Waals surface area contributed by atoms with Crippen molar-refractivity contribution in [2.45, 2.75) is 58.6 Å². The molecule has 0 heterocycles. The molecule has 5 nitrogen and oxygen atoms in total. The number of alkyl carbamates (subject to hydrolysis) is 1. The van der Waals surface area contributed by atoms with E-state index in [4.69, 9.17) is 4.74 Å². The van der Waals surface area contributed by atoms with Crippen LogP contribution in [0.1, 0.15) is 61.8 Å². The summed E-state index contributed by atoms with van der Waals surface area (Å²) in [6.45, 7) is 8.57. The van der Waals surface area contributed by atoms with Crippen molar-refractivity contribution in [1.82, 2.24) is 5.32 Å². The number of carbonyl (C=O) groups is 2. The summed E-state index contributed by atoms with van der Waals surface area (Å²) in [7, 11) is 0. The minimum absolute atomic E-state index is 0.139. The van der Waals surface area contributed by atoms with E-state index in [1.807, 2.05) is 78.9 Å². The lowest BCUT2D eigenvalue weighted by molar-refractivity contribution is -0.118. The van der Waals surface area contributed by atoms with Crippen molar-refractivity contribution < 1.29 is 14.3 Å².